The molecule has 4 atom stereocenters. The molecule has 5 aromatic rings. The highest BCUT2D eigenvalue weighted by atomic mass is 14.7. The third-order valence-electron chi connectivity index (χ3n) is 10.6. The quantitative estimate of drug-likeness (QED) is 0.192. The van der Waals surface area contributed by atoms with Gasteiger partial charge in [-0.1, -0.05) is 165 Å². The van der Waals surface area contributed by atoms with Crippen molar-refractivity contribution in [3.8, 4) is 11.3 Å². The van der Waals surface area contributed by atoms with Crippen molar-refractivity contribution in [3.05, 3.63) is 203 Å². The van der Waals surface area contributed by atoms with E-state index >= 15 is 0 Å². The molecule has 1 heteroatoms. The molecule has 0 fully saturated rings. The van der Waals surface area contributed by atoms with Crippen molar-refractivity contribution in [2.24, 2.45) is 23.7 Å². The standard InChI is InChI=1S/C47H37N/c1-2-31-14-9-20-38-37(31)19-10-21-39(38)47-42-17-7-5-15-40(42)46(41-16-6-8-18-43(41)47)34-27-25-33(26-28-34)44-22-11-23-45(48-44)36-29-24-32-12-3-4-13-35(32)30-36/h3-30,32,35,40,42H,2H2,1H3. The normalized spacial score (nSPS) is 22.0. The van der Waals surface area contributed by atoms with Gasteiger partial charge in [0.25, 0.3) is 0 Å². The van der Waals surface area contributed by atoms with Gasteiger partial charge < -0.3 is 0 Å². The lowest BCUT2D eigenvalue weighted by atomic mass is 9.69. The first-order chi connectivity index (χ1) is 23.8. The Morgan fingerprint density at radius 2 is 1.17 bits per heavy atom. The topological polar surface area (TPSA) is 12.9 Å². The van der Waals surface area contributed by atoms with Crippen molar-refractivity contribution >= 4 is 27.5 Å². The summed E-state index contributed by atoms with van der Waals surface area (Å²) in [5.41, 5.74) is 11.2. The Morgan fingerprint density at radius 3 is 1.98 bits per heavy atom. The Labute approximate surface area is 282 Å². The fourth-order valence-electron chi connectivity index (χ4n) is 8.29. The summed E-state index contributed by atoms with van der Waals surface area (Å²) >= 11 is 0. The average Bonchev–Trinajstić information content (AvgIpc) is 3.16. The molecule has 9 rings (SSSR count). The molecule has 4 aliphatic rings. The van der Waals surface area contributed by atoms with E-state index in [0.717, 1.165) is 23.4 Å². The van der Waals surface area contributed by atoms with E-state index in [4.69, 9.17) is 4.98 Å². The molecule has 230 valence electrons. The van der Waals surface area contributed by atoms with Crippen LogP contribution in [0.25, 0.3) is 38.7 Å². The van der Waals surface area contributed by atoms with Crippen LogP contribution >= 0.6 is 0 Å². The van der Waals surface area contributed by atoms with Crippen molar-refractivity contribution in [2.45, 2.75) is 13.3 Å². The summed E-state index contributed by atoms with van der Waals surface area (Å²) in [4.78, 5) is 5.14. The minimum absolute atomic E-state index is 0.245. The number of aryl methyl sites for hydroxylation is 1. The summed E-state index contributed by atoms with van der Waals surface area (Å²) in [6.45, 7) is 2.25. The molecule has 1 nitrogen and oxygen atoms in total. The average molecular weight is 616 g/mol. The zero-order chi connectivity index (χ0) is 32.0. The summed E-state index contributed by atoms with van der Waals surface area (Å²) in [7, 11) is 0. The van der Waals surface area contributed by atoms with Gasteiger partial charge in [-0.25, -0.2) is 4.98 Å². The van der Waals surface area contributed by atoms with Gasteiger partial charge in [-0.15, -0.1) is 0 Å². The van der Waals surface area contributed by atoms with Crippen LogP contribution in [0.2, 0.25) is 0 Å². The largest absolute Gasteiger partial charge is 0.248 e. The summed E-state index contributed by atoms with van der Waals surface area (Å²) < 4.78 is 0. The first-order valence-corrected chi connectivity index (χ1v) is 17.3. The van der Waals surface area contributed by atoms with E-state index in [2.05, 4.69) is 177 Å². The molecule has 0 N–H and O–H groups in total. The van der Waals surface area contributed by atoms with Gasteiger partial charge in [-0.2, -0.15) is 0 Å². The molecule has 0 saturated heterocycles. The van der Waals surface area contributed by atoms with Gasteiger partial charge in [0, 0.05) is 29.2 Å². The third kappa shape index (κ3) is 4.81. The second kappa shape index (κ2) is 11.9. The minimum Gasteiger partial charge on any atom is -0.248 e. The monoisotopic (exact) mass is 615 g/mol. The number of rotatable bonds is 5. The van der Waals surface area contributed by atoms with Gasteiger partial charge in [0.05, 0.1) is 11.4 Å². The molecule has 0 amide bonds. The zero-order valence-electron chi connectivity index (χ0n) is 27.1. The molecule has 4 aliphatic carbocycles. The maximum atomic E-state index is 5.14. The highest BCUT2D eigenvalue weighted by molar-refractivity contribution is 5.97. The minimum atomic E-state index is 0.245. The van der Waals surface area contributed by atoms with E-state index in [1.807, 2.05) is 0 Å². The first-order valence-electron chi connectivity index (χ1n) is 17.3. The zero-order valence-corrected chi connectivity index (χ0v) is 27.1. The van der Waals surface area contributed by atoms with Gasteiger partial charge in [0.1, 0.15) is 0 Å². The number of fused-ring (bicyclic) bond motifs is 4. The Morgan fingerprint density at radius 1 is 0.521 bits per heavy atom. The van der Waals surface area contributed by atoms with Crippen LogP contribution in [-0.4, -0.2) is 4.98 Å². The first kappa shape index (κ1) is 28.7. The van der Waals surface area contributed by atoms with Crippen LogP contribution in [0.5, 0.6) is 0 Å². The van der Waals surface area contributed by atoms with Crippen LogP contribution in [0, 0.1) is 23.7 Å². The molecular formula is C47H37N. The van der Waals surface area contributed by atoms with Crippen LogP contribution in [0.1, 0.15) is 29.3 Å². The lowest BCUT2D eigenvalue weighted by Crippen LogP contribution is -2.40. The molecule has 1 aromatic heterocycles. The second-order valence-electron chi connectivity index (χ2n) is 13.3. The van der Waals surface area contributed by atoms with Crippen LogP contribution in [0.15, 0.2) is 170 Å². The molecule has 0 bridgehead atoms. The fourth-order valence-corrected chi connectivity index (χ4v) is 8.29. The number of nitrogens with zero attached hydrogens (tertiary/aromatic N) is 1. The Hall–Kier alpha value is -5.53. The SMILES string of the molecule is CCc1cccc2c(C3=c4ccccc4=C(c4ccc(-c5cccc(C6=CC7C=CC=CC7C=C6)n5)cc4)C4C=CC=CC34)cccc12. The molecule has 0 saturated carbocycles. The maximum absolute atomic E-state index is 5.14. The van der Waals surface area contributed by atoms with Gasteiger partial charge in [0.2, 0.25) is 0 Å². The molecule has 48 heavy (non-hydrogen) atoms. The molecule has 1 heterocycles. The highest BCUT2D eigenvalue weighted by Crippen LogP contribution is 2.42. The lowest BCUT2D eigenvalue weighted by molar-refractivity contribution is 0.662. The predicted octanol–water partition coefficient (Wildman–Crippen LogP) is 9.55. The van der Waals surface area contributed by atoms with Crippen molar-refractivity contribution in [2.75, 3.05) is 0 Å². The Bertz CT molecular complexity index is 2390. The summed E-state index contributed by atoms with van der Waals surface area (Å²) in [5, 5.41) is 5.37. The van der Waals surface area contributed by atoms with Crippen LogP contribution < -0.4 is 10.4 Å². The van der Waals surface area contributed by atoms with Gasteiger partial charge in [-0.05, 0) is 73.2 Å². The van der Waals surface area contributed by atoms with Crippen LogP contribution in [-0.2, 0) is 6.42 Å². The highest BCUT2D eigenvalue weighted by Gasteiger charge is 2.32. The van der Waals surface area contributed by atoms with Crippen molar-refractivity contribution in [1.82, 2.24) is 4.98 Å². The number of allylic oxidation sites excluding steroid dienone is 12. The third-order valence-corrected chi connectivity index (χ3v) is 10.6. The van der Waals surface area contributed by atoms with Crippen LogP contribution in [0.4, 0.5) is 0 Å². The van der Waals surface area contributed by atoms with E-state index in [1.165, 1.54) is 54.6 Å². The van der Waals surface area contributed by atoms with Gasteiger partial charge >= 0.3 is 0 Å². The van der Waals surface area contributed by atoms with Crippen LogP contribution in [0.3, 0.4) is 0 Å². The van der Waals surface area contributed by atoms with Gasteiger partial charge in [0.15, 0.2) is 0 Å². The van der Waals surface area contributed by atoms with E-state index in [0.29, 0.717) is 11.8 Å². The fraction of sp³-hybridized carbons (Fsp3) is 0.128. The predicted molar refractivity (Wildman–Crippen MR) is 201 cm³/mol. The number of pyridine rings is 1. The Balaban J connectivity index is 1.16. The molecule has 0 aliphatic heterocycles. The van der Waals surface area contributed by atoms with E-state index in [1.54, 1.807) is 0 Å². The molecule has 4 unspecified atom stereocenters. The summed E-state index contributed by atoms with van der Waals surface area (Å²) in [6, 6.07) is 38.2. The molecule has 0 radical (unpaired) electrons. The van der Waals surface area contributed by atoms with E-state index in [-0.39, 0.29) is 11.8 Å². The summed E-state index contributed by atoms with van der Waals surface area (Å²) in [5.74, 6) is 1.34. The van der Waals surface area contributed by atoms with Gasteiger partial charge in [-0.3, -0.25) is 0 Å². The van der Waals surface area contributed by atoms with Crippen molar-refractivity contribution in [1.29, 1.82) is 0 Å². The molecule has 0 spiro atoms. The molecule has 4 aromatic carbocycles. The lowest BCUT2D eigenvalue weighted by Gasteiger charge is -2.34. The molecular weight excluding hydrogens is 579 g/mol. The number of aromatic nitrogens is 1. The summed E-state index contributed by atoms with van der Waals surface area (Å²) in [6.07, 6.45) is 26.0. The van der Waals surface area contributed by atoms with Crippen molar-refractivity contribution < 1.29 is 0 Å². The maximum Gasteiger partial charge on any atom is 0.0709 e. The smallest absolute Gasteiger partial charge is 0.0709 e. The number of hydrogen-bond acceptors (Lipinski definition) is 1. The Kier molecular flexibility index (Phi) is 7.12. The second-order valence-corrected chi connectivity index (χ2v) is 13.3. The number of hydrogen-bond donors (Lipinski definition) is 0. The van der Waals surface area contributed by atoms with E-state index < -0.39 is 0 Å². The number of benzene rings is 4. The van der Waals surface area contributed by atoms with Crippen molar-refractivity contribution in [3.63, 3.8) is 0 Å². The van der Waals surface area contributed by atoms with E-state index in [9.17, 15) is 0 Å².